The van der Waals surface area contributed by atoms with Crippen LogP contribution in [-0.4, -0.2) is 78.1 Å². The smallest absolute Gasteiger partial charge is 0.258 e. The van der Waals surface area contributed by atoms with Crippen molar-refractivity contribution in [3.63, 3.8) is 0 Å². The fourth-order valence-corrected chi connectivity index (χ4v) is 4.04. The maximum Gasteiger partial charge on any atom is 0.258 e. The molecule has 2 atom stereocenters. The van der Waals surface area contributed by atoms with Crippen LogP contribution in [-0.2, 0) is 11.3 Å². The van der Waals surface area contributed by atoms with Crippen LogP contribution in [0.1, 0.15) is 20.3 Å². The van der Waals surface area contributed by atoms with Crippen LogP contribution in [0.2, 0.25) is 0 Å². The minimum Gasteiger partial charge on any atom is -0.371 e. The molecule has 0 aliphatic carbocycles. The second-order valence-electron chi connectivity index (χ2n) is 8.66. The number of nitrogens with one attached hydrogen (secondary N) is 1. The number of nitrogens with two attached hydrogens (primary N) is 1. The highest BCUT2D eigenvalue weighted by Crippen LogP contribution is 2.32. The number of amides is 1. The first-order chi connectivity index (χ1) is 17.6. The number of aromatic nitrogens is 7. The third-order valence-corrected chi connectivity index (χ3v) is 6.08. The summed E-state index contributed by atoms with van der Waals surface area (Å²) in [5.74, 6) is -0.241. The molecule has 1 fully saturated rings. The lowest BCUT2D eigenvalue weighted by molar-refractivity contribution is -0.131. The van der Waals surface area contributed by atoms with Crippen LogP contribution in [0.4, 0.5) is 29.3 Å². The van der Waals surface area contributed by atoms with Crippen molar-refractivity contribution in [1.29, 1.82) is 0 Å². The SMILES string of the molecule is CC(=O)N1CCC(C)[C@@H](F)C1.CNc1nc(N)nn2cc(F)c(-c3ccc4nnn(CC(F)F)c4n3)c12. The molecule has 1 saturated heterocycles. The number of rotatable bonds is 4. The number of hydrogen-bond donors (Lipinski definition) is 2. The molecule has 1 amide bonds. The van der Waals surface area contributed by atoms with Gasteiger partial charge in [0.05, 0.1) is 24.0 Å². The summed E-state index contributed by atoms with van der Waals surface area (Å²) >= 11 is 0. The van der Waals surface area contributed by atoms with Gasteiger partial charge in [0.1, 0.15) is 23.7 Å². The summed E-state index contributed by atoms with van der Waals surface area (Å²) in [5.41, 5.74) is 6.71. The summed E-state index contributed by atoms with van der Waals surface area (Å²) in [6, 6.07) is 3.06. The molecule has 11 nitrogen and oxygen atoms in total. The second kappa shape index (κ2) is 10.5. The van der Waals surface area contributed by atoms with Crippen molar-refractivity contribution in [2.45, 2.75) is 39.4 Å². The Bertz CT molecular complexity index is 1420. The van der Waals surface area contributed by atoms with Gasteiger partial charge < -0.3 is 16.0 Å². The van der Waals surface area contributed by atoms with E-state index in [2.05, 4.69) is 30.7 Å². The van der Waals surface area contributed by atoms with Crippen LogP contribution < -0.4 is 11.1 Å². The van der Waals surface area contributed by atoms with Crippen molar-refractivity contribution in [1.82, 2.24) is 39.5 Å². The van der Waals surface area contributed by atoms with Crippen LogP contribution in [0.5, 0.6) is 0 Å². The maximum absolute atomic E-state index is 14.6. The van der Waals surface area contributed by atoms with E-state index >= 15 is 0 Å². The normalized spacial score (nSPS) is 17.8. The molecule has 1 aliphatic rings. The first-order valence-electron chi connectivity index (χ1n) is 11.5. The third-order valence-electron chi connectivity index (χ3n) is 6.08. The van der Waals surface area contributed by atoms with Gasteiger partial charge in [-0.2, -0.15) is 4.98 Å². The number of nitrogens with zero attached hydrogens (tertiary/aromatic N) is 8. The zero-order valence-corrected chi connectivity index (χ0v) is 20.4. The molecule has 0 aromatic carbocycles. The zero-order chi connectivity index (χ0) is 26.9. The van der Waals surface area contributed by atoms with E-state index in [0.717, 1.165) is 23.8 Å². The molecule has 198 valence electrons. The molecule has 15 heteroatoms. The number of carbonyl (C=O) groups excluding carboxylic acids is 1. The first kappa shape index (κ1) is 26.0. The fourth-order valence-electron chi connectivity index (χ4n) is 4.04. The highest BCUT2D eigenvalue weighted by atomic mass is 19.3. The van der Waals surface area contributed by atoms with E-state index in [4.69, 9.17) is 5.73 Å². The van der Waals surface area contributed by atoms with Gasteiger partial charge in [0, 0.05) is 20.5 Å². The summed E-state index contributed by atoms with van der Waals surface area (Å²) in [4.78, 5) is 20.7. The van der Waals surface area contributed by atoms with E-state index in [1.54, 1.807) is 11.9 Å². The number of hydrogen-bond acceptors (Lipinski definition) is 8. The maximum atomic E-state index is 14.6. The number of piperidine rings is 1. The predicted molar refractivity (Wildman–Crippen MR) is 128 cm³/mol. The van der Waals surface area contributed by atoms with Gasteiger partial charge in [-0.05, 0) is 24.5 Å². The van der Waals surface area contributed by atoms with Gasteiger partial charge >= 0.3 is 0 Å². The number of fused-ring (bicyclic) bond motifs is 2. The zero-order valence-electron chi connectivity index (χ0n) is 20.4. The molecule has 0 radical (unpaired) electrons. The molecule has 5 rings (SSSR count). The molecular formula is C22H26F4N10O. The van der Waals surface area contributed by atoms with Crippen molar-refractivity contribution in [3.8, 4) is 11.3 Å². The number of likely N-dealkylation sites (tertiary alicyclic amines) is 1. The van der Waals surface area contributed by atoms with E-state index in [1.165, 1.54) is 23.6 Å². The number of anilines is 2. The van der Waals surface area contributed by atoms with Gasteiger partial charge in [0.25, 0.3) is 6.43 Å². The van der Waals surface area contributed by atoms with E-state index in [1.807, 2.05) is 6.92 Å². The van der Waals surface area contributed by atoms with Gasteiger partial charge in [-0.25, -0.2) is 31.7 Å². The summed E-state index contributed by atoms with van der Waals surface area (Å²) < 4.78 is 55.2. The summed E-state index contributed by atoms with van der Waals surface area (Å²) in [7, 11) is 1.61. The molecule has 0 bridgehead atoms. The van der Waals surface area contributed by atoms with E-state index in [-0.39, 0.29) is 41.2 Å². The summed E-state index contributed by atoms with van der Waals surface area (Å²) in [6.45, 7) is 3.73. The van der Waals surface area contributed by atoms with Crippen LogP contribution in [0.25, 0.3) is 27.9 Å². The van der Waals surface area contributed by atoms with Crippen molar-refractivity contribution >= 4 is 34.4 Å². The van der Waals surface area contributed by atoms with Crippen LogP contribution in [0.3, 0.4) is 0 Å². The number of halogens is 4. The van der Waals surface area contributed by atoms with Crippen LogP contribution in [0.15, 0.2) is 18.3 Å². The van der Waals surface area contributed by atoms with Crippen molar-refractivity contribution < 1.29 is 22.4 Å². The third kappa shape index (κ3) is 5.39. The number of carbonyl (C=O) groups is 1. The standard InChI is InChI=1S/C14H12F3N9.C8H14FNO/c1-19-12-11-10(6(15)4-25(11)23-14(18)21-12)7-2-3-8-13(20-7)26(24-22-8)5-9(16)17;1-6-3-4-10(7(2)11)5-8(6)9/h2-4,9H,5H2,1H3,(H3,18,19,21,23);6,8H,3-5H2,1-2H3/t;6?,8-/m.0/s1. The highest BCUT2D eigenvalue weighted by Gasteiger charge is 2.26. The average molecular weight is 523 g/mol. The first-order valence-corrected chi connectivity index (χ1v) is 11.5. The molecule has 1 aliphatic heterocycles. The molecule has 1 unspecified atom stereocenters. The molecule has 4 aromatic heterocycles. The second-order valence-corrected chi connectivity index (χ2v) is 8.66. The Morgan fingerprint density at radius 3 is 2.70 bits per heavy atom. The van der Waals surface area contributed by atoms with Gasteiger partial charge in [0.15, 0.2) is 17.3 Å². The molecule has 37 heavy (non-hydrogen) atoms. The number of pyridine rings is 1. The Labute approximate surface area is 208 Å². The molecule has 0 spiro atoms. The Morgan fingerprint density at radius 1 is 1.30 bits per heavy atom. The molecule has 5 heterocycles. The predicted octanol–water partition coefficient (Wildman–Crippen LogP) is 2.78. The lowest BCUT2D eigenvalue weighted by Crippen LogP contribution is -2.43. The monoisotopic (exact) mass is 522 g/mol. The van der Waals surface area contributed by atoms with Crippen molar-refractivity contribution in [2.75, 3.05) is 31.2 Å². The van der Waals surface area contributed by atoms with Crippen LogP contribution >= 0.6 is 0 Å². The number of nitrogen functional groups attached to an aromatic ring is 1. The average Bonchev–Trinajstić information content (AvgIpc) is 3.39. The quantitative estimate of drug-likeness (QED) is 0.391. The topological polar surface area (TPSA) is 132 Å². The van der Waals surface area contributed by atoms with Gasteiger partial charge in [-0.3, -0.25) is 4.79 Å². The lowest BCUT2D eigenvalue weighted by atomic mass is 9.97. The minimum atomic E-state index is -2.62. The molecular weight excluding hydrogens is 496 g/mol. The van der Waals surface area contributed by atoms with E-state index in [0.29, 0.717) is 16.9 Å². The molecule has 0 saturated carbocycles. The van der Waals surface area contributed by atoms with E-state index in [9.17, 15) is 22.4 Å². The molecule has 3 N–H and O–H groups in total. The van der Waals surface area contributed by atoms with Gasteiger partial charge in [0.2, 0.25) is 11.9 Å². The number of alkyl halides is 3. The Morgan fingerprint density at radius 2 is 2.05 bits per heavy atom. The largest absolute Gasteiger partial charge is 0.371 e. The Balaban J connectivity index is 0.000000245. The van der Waals surface area contributed by atoms with Gasteiger partial charge in [-0.15, -0.1) is 10.2 Å². The van der Waals surface area contributed by atoms with Crippen molar-refractivity contribution in [2.24, 2.45) is 5.92 Å². The highest BCUT2D eigenvalue weighted by molar-refractivity contribution is 5.89. The Kier molecular flexibility index (Phi) is 7.40. The summed E-state index contributed by atoms with van der Waals surface area (Å²) in [6.07, 6.45) is -1.51. The Hall–Kier alpha value is -4.04. The molecule has 4 aromatic rings. The summed E-state index contributed by atoms with van der Waals surface area (Å²) in [5, 5.41) is 14.2. The fraction of sp³-hybridized carbons (Fsp3) is 0.455. The lowest BCUT2D eigenvalue weighted by Gasteiger charge is -2.32. The van der Waals surface area contributed by atoms with Gasteiger partial charge in [-0.1, -0.05) is 12.1 Å². The van der Waals surface area contributed by atoms with Crippen LogP contribution in [0, 0.1) is 11.7 Å². The minimum absolute atomic E-state index is 0.0143. The van der Waals surface area contributed by atoms with E-state index < -0.39 is 25.0 Å². The van der Waals surface area contributed by atoms with Crippen molar-refractivity contribution in [3.05, 3.63) is 24.1 Å².